The van der Waals surface area contributed by atoms with Crippen LogP contribution >= 0.6 is 0 Å². The number of fused-ring (bicyclic) bond motifs is 1. The molecule has 1 aromatic rings. The van der Waals surface area contributed by atoms with E-state index in [1.165, 1.54) is 13.2 Å². The third kappa shape index (κ3) is 1.69. The third-order valence-corrected chi connectivity index (χ3v) is 2.70. The van der Waals surface area contributed by atoms with Crippen LogP contribution in [0.5, 0.6) is 5.75 Å². The number of halogens is 1. The summed E-state index contributed by atoms with van der Waals surface area (Å²) in [5.41, 5.74) is 3.08. The Bertz CT molecular complexity index is 412. The maximum absolute atomic E-state index is 13.5. The largest absolute Gasteiger partial charge is 0.494 e. The van der Waals surface area contributed by atoms with E-state index in [1.807, 2.05) is 7.05 Å². The minimum atomic E-state index is -0.306. The summed E-state index contributed by atoms with van der Waals surface area (Å²) in [4.78, 5) is 0. The van der Waals surface area contributed by atoms with Gasteiger partial charge in [-0.25, -0.2) is 4.39 Å². The van der Waals surface area contributed by atoms with E-state index in [0.717, 1.165) is 29.7 Å². The number of nitrogens with one attached hydrogen (secondary N) is 1. The first-order chi connectivity index (χ1) is 7.26. The van der Waals surface area contributed by atoms with Crippen molar-refractivity contribution in [2.75, 3.05) is 14.2 Å². The van der Waals surface area contributed by atoms with E-state index in [4.69, 9.17) is 4.74 Å². The van der Waals surface area contributed by atoms with Crippen LogP contribution in [0.25, 0.3) is 5.70 Å². The summed E-state index contributed by atoms with van der Waals surface area (Å²) in [6.07, 6.45) is 4.02. The monoisotopic (exact) mass is 207 g/mol. The molecule has 0 spiro atoms. The molecule has 0 unspecified atom stereocenters. The van der Waals surface area contributed by atoms with Crippen molar-refractivity contribution >= 4 is 5.70 Å². The van der Waals surface area contributed by atoms with E-state index >= 15 is 0 Å². The zero-order valence-corrected chi connectivity index (χ0v) is 8.93. The molecule has 2 rings (SSSR count). The maximum atomic E-state index is 13.5. The van der Waals surface area contributed by atoms with Crippen LogP contribution in [0.4, 0.5) is 4.39 Å². The Balaban J connectivity index is 2.52. The number of hydrogen-bond donors (Lipinski definition) is 1. The first-order valence-electron chi connectivity index (χ1n) is 5.01. The van der Waals surface area contributed by atoms with Gasteiger partial charge in [-0.15, -0.1) is 0 Å². The molecular weight excluding hydrogens is 193 g/mol. The fourth-order valence-electron chi connectivity index (χ4n) is 1.93. The van der Waals surface area contributed by atoms with Crippen molar-refractivity contribution in [3.63, 3.8) is 0 Å². The normalized spacial score (nSPS) is 14.2. The Labute approximate surface area is 88.8 Å². The molecule has 3 heteroatoms. The van der Waals surface area contributed by atoms with Crippen LogP contribution in [-0.2, 0) is 6.42 Å². The number of hydrogen-bond acceptors (Lipinski definition) is 2. The average Bonchev–Trinajstić information content (AvgIpc) is 2.27. The zero-order valence-electron chi connectivity index (χ0n) is 8.93. The van der Waals surface area contributed by atoms with Gasteiger partial charge in [0.2, 0.25) is 0 Å². The Morgan fingerprint density at radius 1 is 1.40 bits per heavy atom. The van der Waals surface area contributed by atoms with Crippen molar-refractivity contribution < 1.29 is 9.13 Å². The van der Waals surface area contributed by atoms with Gasteiger partial charge in [-0.1, -0.05) is 6.08 Å². The molecule has 1 aromatic carbocycles. The standard InChI is InChI=1S/C12H14FNO/c1-14-11-5-3-4-8-6-12(15-2)10(13)7-9(8)11/h5-7,14H,3-4H2,1-2H3. The molecule has 0 heterocycles. The van der Waals surface area contributed by atoms with Crippen molar-refractivity contribution in [2.45, 2.75) is 12.8 Å². The number of benzene rings is 1. The maximum Gasteiger partial charge on any atom is 0.165 e. The Morgan fingerprint density at radius 2 is 2.20 bits per heavy atom. The summed E-state index contributed by atoms with van der Waals surface area (Å²) in [6, 6.07) is 3.32. The van der Waals surface area contributed by atoms with Gasteiger partial charge in [-0.2, -0.15) is 0 Å². The van der Waals surface area contributed by atoms with Crippen LogP contribution in [0.2, 0.25) is 0 Å². The summed E-state index contributed by atoms with van der Waals surface area (Å²) in [5.74, 6) is 0.0189. The molecule has 0 saturated carbocycles. The second-order valence-corrected chi connectivity index (χ2v) is 3.55. The van der Waals surface area contributed by atoms with Gasteiger partial charge in [-0.3, -0.25) is 0 Å². The van der Waals surface area contributed by atoms with Crippen LogP contribution in [0.1, 0.15) is 17.5 Å². The minimum Gasteiger partial charge on any atom is -0.494 e. The number of rotatable bonds is 2. The molecule has 1 aliphatic rings. The summed E-state index contributed by atoms with van der Waals surface area (Å²) in [5, 5.41) is 3.08. The molecule has 0 aliphatic heterocycles. The fraction of sp³-hybridized carbons (Fsp3) is 0.333. The van der Waals surface area contributed by atoms with Crippen molar-refractivity contribution in [3.8, 4) is 5.75 Å². The van der Waals surface area contributed by atoms with Crippen LogP contribution in [0.15, 0.2) is 18.2 Å². The first kappa shape index (κ1) is 10.0. The summed E-state index contributed by atoms with van der Waals surface area (Å²) in [7, 11) is 3.34. The molecule has 80 valence electrons. The molecule has 0 amide bonds. The van der Waals surface area contributed by atoms with E-state index in [1.54, 1.807) is 6.07 Å². The van der Waals surface area contributed by atoms with Crippen LogP contribution in [0.3, 0.4) is 0 Å². The second-order valence-electron chi connectivity index (χ2n) is 3.55. The number of ether oxygens (including phenoxy) is 1. The van der Waals surface area contributed by atoms with Crippen LogP contribution < -0.4 is 10.1 Å². The number of allylic oxidation sites excluding steroid dienone is 1. The van der Waals surface area contributed by atoms with Gasteiger partial charge >= 0.3 is 0 Å². The molecule has 0 radical (unpaired) electrons. The van der Waals surface area contributed by atoms with Crippen molar-refractivity contribution in [2.24, 2.45) is 0 Å². The predicted molar refractivity (Wildman–Crippen MR) is 58.3 cm³/mol. The summed E-state index contributed by atoms with van der Waals surface area (Å²) < 4.78 is 18.5. The van der Waals surface area contributed by atoms with Crippen LogP contribution in [-0.4, -0.2) is 14.2 Å². The molecule has 0 atom stereocenters. The lowest BCUT2D eigenvalue weighted by atomic mass is 9.94. The van der Waals surface area contributed by atoms with Gasteiger partial charge in [0, 0.05) is 18.3 Å². The third-order valence-electron chi connectivity index (χ3n) is 2.70. The first-order valence-corrected chi connectivity index (χ1v) is 5.01. The van der Waals surface area contributed by atoms with Gasteiger partial charge in [0.1, 0.15) is 0 Å². The molecule has 15 heavy (non-hydrogen) atoms. The van der Waals surface area contributed by atoms with Crippen molar-refractivity contribution in [1.29, 1.82) is 0 Å². The molecule has 1 aliphatic carbocycles. The molecule has 1 N–H and O–H groups in total. The van der Waals surface area contributed by atoms with E-state index in [9.17, 15) is 4.39 Å². The van der Waals surface area contributed by atoms with Crippen LogP contribution in [0, 0.1) is 5.82 Å². The Hall–Kier alpha value is -1.51. The molecular formula is C12H14FNO. The minimum absolute atomic E-state index is 0.306. The average molecular weight is 207 g/mol. The lowest BCUT2D eigenvalue weighted by Gasteiger charge is -2.18. The summed E-state index contributed by atoms with van der Waals surface area (Å²) >= 11 is 0. The SMILES string of the molecule is CNC1=CCCc2cc(OC)c(F)cc21. The van der Waals surface area contributed by atoms with E-state index in [2.05, 4.69) is 11.4 Å². The van der Waals surface area contributed by atoms with Gasteiger partial charge in [0.05, 0.1) is 7.11 Å². The fourth-order valence-corrected chi connectivity index (χ4v) is 1.93. The van der Waals surface area contributed by atoms with Crippen molar-refractivity contribution in [3.05, 3.63) is 35.2 Å². The van der Waals surface area contributed by atoms with E-state index in [-0.39, 0.29) is 5.82 Å². The van der Waals surface area contributed by atoms with Gasteiger partial charge in [-0.05, 0) is 30.5 Å². The quantitative estimate of drug-likeness (QED) is 0.803. The number of aryl methyl sites for hydroxylation is 1. The smallest absolute Gasteiger partial charge is 0.165 e. The number of methoxy groups -OCH3 is 1. The molecule has 2 nitrogen and oxygen atoms in total. The highest BCUT2D eigenvalue weighted by molar-refractivity contribution is 5.69. The van der Waals surface area contributed by atoms with Crippen molar-refractivity contribution in [1.82, 2.24) is 5.32 Å². The second kappa shape index (κ2) is 3.93. The predicted octanol–water partition coefficient (Wildman–Crippen LogP) is 2.34. The topological polar surface area (TPSA) is 21.3 Å². The Kier molecular flexibility index (Phi) is 2.62. The highest BCUT2D eigenvalue weighted by Crippen LogP contribution is 2.30. The summed E-state index contributed by atoms with van der Waals surface area (Å²) in [6.45, 7) is 0. The van der Waals surface area contributed by atoms with Gasteiger partial charge in [0.15, 0.2) is 11.6 Å². The Morgan fingerprint density at radius 3 is 2.87 bits per heavy atom. The lowest BCUT2D eigenvalue weighted by molar-refractivity contribution is 0.385. The molecule has 0 aromatic heterocycles. The zero-order chi connectivity index (χ0) is 10.8. The molecule has 0 saturated heterocycles. The van der Waals surface area contributed by atoms with Gasteiger partial charge < -0.3 is 10.1 Å². The van der Waals surface area contributed by atoms with E-state index in [0.29, 0.717) is 5.75 Å². The van der Waals surface area contributed by atoms with E-state index < -0.39 is 0 Å². The molecule has 0 bridgehead atoms. The molecule has 0 fully saturated rings. The highest BCUT2D eigenvalue weighted by Gasteiger charge is 2.15. The van der Waals surface area contributed by atoms with Gasteiger partial charge in [0.25, 0.3) is 0 Å². The highest BCUT2D eigenvalue weighted by atomic mass is 19.1. The lowest BCUT2D eigenvalue weighted by Crippen LogP contribution is -2.11.